The van der Waals surface area contributed by atoms with Gasteiger partial charge in [0.15, 0.2) is 0 Å². The van der Waals surface area contributed by atoms with Crippen LogP contribution in [0.1, 0.15) is 35.3 Å². The molecule has 0 fully saturated rings. The van der Waals surface area contributed by atoms with Gasteiger partial charge >= 0.3 is 0 Å². The number of nitrogens with one attached hydrogen (secondary N) is 1. The molecule has 1 amide bonds. The van der Waals surface area contributed by atoms with E-state index < -0.39 is 0 Å². The van der Waals surface area contributed by atoms with Gasteiger partial charge in [0.05, 0.1) is 0 Å². The highest BCUT2D eigenvalue weighted by Gasteiger charge is 2.12. The molecule has 2 heteroatoms. The number of hydrogen-bond acceptors (Lipinski definition) is 1. The Balaban J connectivity index is 3.25. The second-order valence-electron chi connectivity index (χ2n) is 3.24. The van der Waals surface area contributed by atoms with Crippen molar-refractivity contribution in [3.63, 3.8) is 0 Å². The topological polar surface area (TPSA) is 29.1 Å². The van der Waals surface area contributed by atoms with Crippen LogP contribution in [0.4, 0.5) is 0 Å². The van der Waals surface area contributed by atoms with Crippen molar-refractivity contribution in [2.75, 3.05) is 7.05 Å². The first-order valence-corrected chi connectivity index (χ1v) is 5.07. The number of carbonyl (C=O) groups excluding carboxylic acids is 1. The Kier molecular flexibility index (Phi) is 3.69. The molecule has 0 aromatic heterocycles. The van der Waals surface area contributed by atoms with E-state index in [2.05, 4.69) is 19.2 Å². The van der Waals surface area contributed by atoms with Crippen LogP contribution in [0.3, 0.4) is 0 Å². The van der Waals surface area contributed by atoms with Gasteiger partial charge in [0, 0.05) is 12.6 Å². The zero-order valence-electron chi connectivity index (χ0n) is 9.05. The smallest absolute Gasteiger partial charge is 0.251 e. The van der Waals surface area contributed by atoms with E-state index in [-0.39, 0.29) is 5.91 Å². The fraction of sp³-hybridized carbons (Fsp3) is 0.417. The molecular formula is C12H17NO. The third-order valence-corrected chi connectivity index (χ3v) is 2.45. The number of aryl methyl sites for hydroxylation is 2. The van der Waals surface area contributed by atoms with Crippen LogP contribution in [0.5, 0.6) is 0 Å². The molecule has 0 saturated carbocycles. The predicted octanol–water partition coefficient (Wildman–Crippen LogP) is 2.17. The fourth-order valence-electron chi connectivity index (χ4n) is 1.66. The van der Waals surface area contributed by atoms with E-state index in [0.29, 0.717) is 0 Å². The van der Waals surface area contributed by atoms with Crippen LogP contribution >= 0.6 is 0 Å². The summed E-state index contributed by atoms with van der Waals surface area (Å²) < 4.78 is 0. The van der Waals surface area contributed by atoms with Gasteiger partial charge in [-0.25, -0.2) is 0 Å². The van der Waals surface area contributed by atoms with Crippen LogP contribution in [0.25, 0.3) is 0 Å². The van der Waals surface area contributed by atoms with Crippen molar-refractivity contribution >= 4 is 5.91 Å². The largest absolute Gasteiger partial charge is 0.355 e. The van der Waals surface area contributed by atoms with Crippen molar-refractivity contribution in [1.29, 1.82) is 0 Å². The van der Waals surface area contributed by atoms with Crippen LogP contribution in [-0.2, 0) is 12.8 Å². The van der Waals surface area contributed by atoms with Gasteiger partial charge < -0.3 is 5.32 Å². The molecule has 1 aromatic rings. The molecule has 0 saturated heterocycles. The van der Waals surface area contributed by atoms with Crippen LogP contribution in [0.2, 0.25) is 0 Å². The highest BCUT2D eigenvalue weighted by atomic mass is 16.1. The van der Waals surface area contributed by atoms with Crippen molar-refractivity contribution in [3.8, 4) is 0 Å². The molecular weight excluding hydrogens is 174 g/mol. The lowest BCUT2D eigenvalue weighted by Crippen LogP contribution is -2.21. The maximum Gasteiger partial charge on any atom is 0.251 e. The lowest BCUT2D eigenvalue weighted by atomic mass is 9.97. The first-order valence-electron chi connectivity index (χ1n) is 5.07. The second-order valence-corrected chi connectivity index (χ2v) is 3.24. The monoisotopic (exact) mass is 191 g/mol. The van der Waals surface area contributed by atoms with E-state index in [1.165, 1.54) is 0 Å². The first kappa shape index (κ1) is 10.8. The fourth-order valence-corrected chi connectivity index (χ4v) is 1.66. The second kappa shape index (κ2) is 4.80. The van der Waals surface area contributed by atoms with Gasteiger partial charge in [-0.15, -0.1) is 0 Å². The van der Waals surface area contributed by atoms with Crippen LogP contribution in [0.15, 0.2) is 18.2 Å². The molecule has 0 unspecified atom stereocenters. The van der Waals surface area contributed by atoms with Crippen molar-refractivity contribution in [2.45, 2.75) is 26.7 Å². The highest BCUT2D eigenvalue weighted by molar-refractivity contribution is 5.97. The van der Waals surface area contributed by atoms with Gasteiger partial charge in [0.2, 0.25) is 0 Å². The van der Waals surface area contributed by atoms with Gasteiger partial charge in [-0.1, -0.05) is 32.0 Å². The Morgan fingerprint density at radius 2 is 1.71 bits per heavy atom. The first-order chi connectivity index (χ1) is 6.74. The molecule has 0 aliphatic heterocycles. The molecule has 0 bridgehead atoms. The lowest BCUT2D eigenvalue weighted by Gasteiger charge is -2.10. The van der Waals surface area contributed by atoms with Crippen molar-refractivity contribution in [2.24, 2.45) is 0 Å². The van der Waals surface area contributed by atoms with E-state index in [9.17, 15) is 4.79 Å². The van der Waals surface area contributed by atoms with Gasteiger partial charge in [-0.2, -0.15) is 0 Å². The molecule has 0 radical (unpaired) electrons. The van der Waals surface area contributed by atoms with Crippen molar-refractivity contribution < 1.29 is 4.79 Å². The number of benzene rings is 1. The maximum absolute atomic E-state index is 11.7. The van der Waals surface area contributed by atoms with E-state index in [1.54, 1.807) is 7.05 Å². The Morgan fingerprint density at radius 3 is 2.07 bits per heavy atom. The van der Waals surface area contributed by atoms with E-state index in [4.69, 9.17) is 0 Å². The number of carbonyl (C=O) groups is 1. The zero-order chi connectivity index (χ0) is 10.6. The molecule has 1 N–H and O–H groups in total. The quantitative estimate of drug-likeness (QED) is 0.779. The van der Waals surface area contributed by atoms with E-state index in [0.717, 1.165) is 29.5 Å². The Morgan fingerprint density at radius 1 is 1.21 bits per heavy atom. The molecule has 1 aromatic carbocycles. The minimum absolute atomic E-state index is 0.0271. The zero-order valence-corrected chi connectivity index (χ0v) is 9.05. The van der Waals surface area contributed by atoms with Crippen molar-refractivity contribution in [1.82, 2.24) is 5.32 Å². The Hall–Kier alpha value is -1.31. The molecule has 14 heavy (non-hydrogen) atoms. The third-order valence-electron chi connectivity index (χ3n) is 2.45. The van der Waals surface area contributed by atoms with Gasteiger partial charge in [-0.05, 0) is 24.0 Å². The predicted molar refractivity (Wildman–Crippen MR) is 58.6 cm³/mol. The van der Waals surface area contributed by atoms with Gasteiger partial charge in [-0.3, -0.25) is 4.79 Å². The molecule has 0 aliphatic rings. The summed E-state index contributed by atoms with van der Waals surface area (Å²) in [5.74, 6) is 0.0271. The summed E-state index contributed by atoms with van der Waals surface area (Å²) in [4.78, 5) is 11.7. The summed E-state index contributed by atoms with van der Waals surface area (Å²) in [6, 6.07) is 6.05. The summed E-state index contributed by atoms with van der Waals surface area (Å²) in [6.07, 6.45) is 1.80. The summed E-state index contributed by atoms with van der Waals surface area (Å²) in [5, 5.41) is 2.69. The molecule has 0 heterocycles. The minimum Gasteiger partial charge on any atom is -0.355 e. The number of amides is 1. The van der Waals surface area contributed by atoms with Crippen LogP contribution in [-0.4, -0.2) is 13.0 Å². The standard InChI is InChI=1S/C12H17NO/c1-4-9-7-6-8-10(5-2)11(9)12(14)13-3/h6-8H,4-5H2,1-3H3,(H,13,14). The molecule has 0 aliphatic carbocycles. The summed E-state index contributed by atoms with van der Waals surface area (Å²) in [6.45, 7) is 4.14. The Labute approximate surface area is 85.3 Å². The van der Waals surface area contributed by atoms with E-state index in [1.807, 2.05) is 18.2 Å². The van der Waals surface area contributed by atoms with Gasteiger partial charge in [0.1, 0.15) is 0 Å². The normalized spacial score (nSPS) is 9.93. The van der Waals surface area contributed by atoms with Crippen LogP contribution in [0, 0.1) is 0 Å². The highest BCUT2D eigenvalue weighted by Crippen LogP contribution is 2.16. The molecule has 1 rings (SSSR count). The van der Waals surface area contributed by atoms with E-state index >= 15 is 0 Å². The van der Waals surface area contributed by atoms with Crippen molar-refractivity contribution in [3.05, 3.63) is 34.9 Å². The summed E-state index contributed by atoms with van der Waals surface area (Å²) in [5.41, 5.74) is 3.12. The average Bonchev–Trinajstić information content (AvgIpc) is 2.26. The number of hydrogen-bond donors (Lipinski definition) is 1. The minimum atomic E-state index is 0.0271. The third kappa shape index (κ3) is 1.95. The average molecular weight is 191 g/mol. The molecule has 2 nitrogen and oxygen atoms in total. The molecule has 0 atom stereocenters. The van der Waals surface area contributed by atoms with Gasteiger partial charge in [0.25, 0.3) is 5.91 Å². The molecule has 0 spiro atoms. The van der Waals surface area contributed by atoms with Crippen LogP contribution < -0.4 is 5.32 Å². The SMILES string of the molecule is CCc1cccc(CC)c1C(=O)NC. The maximum atomic E-state index is 11.7. The summed E-state index contributed by atoms with van der Waals surface area (Å²) >= 11 is 0. The summed E-state index contributed by atoms with van der Waals surface area (Å²) in [7, 11) is 1.67. The molecule has 76 valence electrons. The number of rotatable bonds is 3. The Bertz CT molecular complexity index is 309. The lowest BCUT2D eigenvalue weighted by molar-refractivity contribution is 0.0961.